The Hall–Kier alpha value is -3.88. The summed E-state index contributed by atoms with van der Waals surface area (Å²) in [5, 5.41) is 13.0. The van der Waals surface area contributed by atoms with Gasteiger partial charge < -0.3 is 15.2 Å². The van der Waals surface area contributed by atoms with Gasteiger partial charge in [-0.15, -0.1) is 0 Å². The Morgan fingerprint density at radius 1 is 1.06 bits per heavy atom. The van der Waals surface area contributed by atoms with E-state index in [1.807, 2.05) is 36.4 Å². The molecule has 182 valence electrons. The van der Waals surface area contributed by atoms with Crippen LogP contribution in [0.5, 0.6) is 0 Å². The van der Waals surface area contributed by atoms with Crippen molar-refractivity contribution in [3.8, 4) is 11.1 Å². The Morgan fingerprint density at radius 3 is 2.29 bits per heavy atom. The Labute approximate surface area is 202 Å². The van der Waals surface area contributed by atoms with Gasteiger partial charge in [0.15, 0.2) is 6.04 Å². The monoisotopic (exact) mass is 477 g/mol. The van der Waals surface area contributed by atoms with Crippen LogP contribution in [0.4, 0.5) is 4.79 Å². The molecule has 5 rings (SSSR count). The third-order valence-electron chi connectivity index (χ3n) is 6.96. The number of carbonyl (C=O) groups excluding carboxylic acids is 3. The van der Waals surface area contributed by atoms with E-state index in [-0.39, 0.29) is 25.5 Å². The van der Waals surface area contributed by atoms with Crippen molar-refractivity contribution in [1.82, 2.24) is 15.8 Å². The Balaban J connectivity index is 1.21. The van der Waals surface area contributed by atoms with Crippen LogP contribution in [0.3, 0.4) is 0 Å². The van der Waals surface area contributed by atoms with E-state index in [9.17, 15) is 24.3 Å². The van der Waals surface area contributed by atoms with Gasteiger partial charge in [-0.05, 0) is 34.6 Å². The lowest BCUT2D eigenvalue weighted by molar-refractivity contribution is -0.152. The Kier molecular flexibility index (Phi) is 6.15. The highest BCUT2D eigenvalue weighted by Crippen LogP contribution is 2.44. The van der Waals surface area contributed by atoms with E-state index >= 15 is 0 Å². The minimum Gasteiger partial charge on any atom is -0.480 e. The number of carbonyl (C=O) groups is 4. The van der Waals surface area contributed by atoms with Crippen LogP contribution in [0.25, 0.3) is 11.1 Å². The summed E-state index contributed by atoms with van der Waals surface area (Å²) in [6.07, 6.45) is 1.58. The summed E-state index contributed by atoms with van der Waals surface area (Å²) < 4.78 is 5.55. The molecule has 0 radical (unpaired) electrons. The zero-order valence-electron chi connectivity index (χ0n) is 19.1. The number of amides is 3. The van der Waals surface area contributed by atoms with E-state index in [0.29, 0.717) is 12.3 Å². The first-order valence-corrected chi connectivity index (χ1v) is 11.9. The third kappa shape index (κ3) is 4.71. The molecule has 2 aromatic carbocycles. The molecule has 2 fully saturated rings. The Morgan fingerprint density at radius 2 is 1.69 bits per heavy atom. The number of carboxylic acids is 1. The number of aliphatic carboxylic acids is 1. The topological polar surface area (TPSA) is 125 Å². The van der Waals surface area contributed by atoms with Gasteiger partial charge in [-0.2, -0.15) is 0 Å². The van der Waals surface area contributed by atoms with Crippen LogP contribution in [-0.2, 0) is 19.1 Å². The summed E-state index contributed by atoms with van der Waals surface area (Å²) in [6, 6.07) is 14.9. The zero-order chi connectivity index (χ0) is 24.5. The number of hydrogen-bond donors (Lipinski definition) is 3. The van der Waals surface area contributed by atoms with Crippen LogP contribution in [0.15, 0.2) is 48.5 Å². The zero-order valence-corrected chi connectivity index (χ0v) is 19.1. The van der Waals surface area contributed by atoms with Crippen LogP contribution >= 0.6 is 0 Å². The standard InChI is InChI=1S/C26H27N3O6/c30-23-12-22(25(32)33)29(28-23)24(31)16(11-15-9-10-15)13-27-26(34)35-14-21-19-7-3-1-5-17(19)18-6-2-4-8-20(18)21/h1-8,15-16,21-22H,9-14H2,(H,27,34)(H,28,30)(H,32,33). The van der Waals surface area contributed by atoms with Gasteiger partial charge in [-0.3, -0.25) is 15.0 Å². The Bertz CT molecular complexity index is 1130. The molecule has 1 saturated carbocycles. The highest BCUT2D eigenvalue weighted by atomic mass is 16.5. The van der Waals surface area contributed by atoms with Gasteiger partial charge in [0, 0.05) is 12.5 Å². The summed E-state index contributed by atoms with van der Waals surface area (Å²) in [4.78, 5) is 48.9. The van der Waals surface area contributed by atoms with Crippen molar-refractivity contribution >= 4 is 23.9 Å². The molecular formula is C26H27N3O6. The number of hydrogen-bond acceptors (Lipinski definition) is 5. The lowest BCUT2D eigenvalue weighted by atomic mass is 9.98. The van der Waals surface area contributed by atoms with E-state index in [1.54, 1.807) is 0 Å². The van der Waals surface area contributed by atoms with E-state index in [0.717, 1.165) is 40.1 Å². The first-order chi connectivity index (χ1) is 16.9. The minimum absolute atomic E-state index is 0.00468. The van der Waals surface area contributed by atoms with E-state index in [2.05, 4.69) is 22.9 Å². The molecule has 35 heavy (non-hydrogen) atoms. The number of fused-ring (bicyclic) bond motifs is 3. The molecule has 1 aliphatic heterocycles. The predicted octanol–water partition coefficient (Wildman–Crippen LogP) is 2.66. The molecule has 1 heterocycles. The number of ether oxygens (including phenoxy) is 1. The SMILES string of the molecule is O=C1CC(C(=O)O)N(C(=O)C(CNC(=O)OCC2c3ccccc3-c3ccccc32)CC2CC2)N1. The number of nitrogens with zero attached hydrogens (tertiary/aromatic N) is 1. The van der Waals surface area contributed by atoms with Crippen molar-refractivity contribution < 1.29 is 29.0 Å². The van der Waals surface area contributed by atoms with Gasteiger partial charge in [-0.25, -0.2) is 14.6 Å². The average molecular weight is 478 g/mol. The van der Waals surface area contributed by atoms with Crippen molar-refractivity contribution in [3.05, 3.63) is 59.7 Å². The largest absolute Gasteiger partial charge is 0.480 e. The van der Waals surface area contributed by atoms with Crippen LogP contribution in [0.1, 0.15) is 42.7 Å². The number of carboxylic acid groups (broad SMARTS) is 1. The fourth-order valence-corrected chi connectivity index (χ4v) is 5.01. The van der Waals surface area contributed by atoms with Crippen LogP contribution in [0, 0.1) is 11.8 Å². The highest BCUT2D eigenvalue weighted by molar-refractivity contribution is 5.94. The van der Waals surface area contributed by atoms with Gasteiger partial charge >= 0.3 is 12.1 Å². The summed E-state index contributed by atoms with van der Waals surface area (Å²) >= 11 is 0. The first-order valence-electron chi connectivity index (χ1n) is 11.9. The van der Waals surface area contributed by atoms with Crippen molar-refractivity contribution in [2.45, 2.75) is 37.6 Å². The second kappa shape index (κ2) is 9.40. The maximum atomic E-state index is 13.1. The van der Waals surface area contributed by atoms with Crippen LogP contribution < -0.4 is 10.7 Å². The minimum atomic E-state index is -1.24. The molecule has 1 saturated heterocycles. The van der Waals surface area contributed by atoms with Crippen LogP contribution in [-0.4, -0.2) is 53.2 Å². The molecule has 2 aromatic rings. The fraction of sp³-hybridized carbons (Fsp3) is 0.385. The smallest absolute Gasteiger partial charge is 0.407 e. The second-order valence-corrected chi connectivity index (χ2v) is 9.38. The van der Waals surface area contributed by atoms with Crippen molar-refractivity contribution in [3.63, 3.8) is 0 Å². The lowest BCUT2D eigenvalue weighted by Crippen LogP contribution is -2.51. The number of benzene rings is 2. The summed E-state index contributed by atoms with van der Waals surface area (Å²) in [7, 11) is 0. The van der Waals surface area contributed by atoms with Gasteiger partial charge in [0.25, 0.3) is 0 Å². The molecule has 3 amide bonds. The normalized spacial score (nSPS) is 19.5. The number of alkyl carbamates (subject to hydrolysis) is 1. The maximum Gasteiger partial charge on any atom is 0.407 e. The first kappa shape index (κ1) is 22.9. The lowest BCUT2D eigenvalue weighted by Gasteiger charge is -2.26. The van der Waals surface area contributed by atoms with E-state index in [4.69, 9.17) is 4.74 Å². The molecule has 2 unspecified atom stereocenters. The van der Waals surface area contributed by atoms with Crippen molar-refractivity contribution in [2.75, 3.05) is 13.2 Å². The highest BCUT2D eigenvalue weighted by Gasteiger charge is 2.42. The predicted molar refractivity (Wildman–Crippen MR) is 125 cm³/mol. The number of nitrogens with one attached hydrogen (secondary N) is 2. The number of hydrazine groups is 1. The van der Waals surface area contributed by atoms with Gasteiger partial charge in [0.1, 0.15) is 6.61 Å². The summed E-state index contributed by atoms with van der Waals surface area (Å²) in [5.41, 5.74) is 6.82. The molecule has 0 bridgehead atoms. The maximum absolute atomic E-state index is 13.1. The van der Waals surface area contributed by atoms with Gasteiger partial charge in [0.05, 0.1) is 12.3 Å². The summed E-state index contributed by atoms with van der Waals surface area (Å²) in [5.74, 6) is -2.63. The van der Waals surface area contributed by atoms with Gasteiger partial charge in [-0.1, -0.05) is 61.4 Å². The number of rotatable bonds is 8. The summed E-state index contributed by atoms with van der Waals surface area (Å²) in [6.45, 7) is 0.162. The molecule has 3 N–H and O–H groups in total. The second-order valence-electron chi connectivity index (χ2n) is 9.38. The van der Waals surface area contributed by atoms with Crippen molar-refractivity contribution in [1.29, 1.82) is 0 Å². The van der Waals surface area contributed by atoms with Gasteiger partial charge in [0.2, 0.25) is 11.8 Å². The molecule has 0 aromatic heterocycles. The third-order valence-corrected chi connectivity index (χ3v) is 6.96. The average Bonchev–Trinajstić information content (AvgIpc) is 3.50. The molecule has 2 atom stereocenters. The van der Waals surface area contributed by atoms with Crippen LogP contribution in [0.2, 0.25) is 0 Å². The quantitative estimate of drug-likeness (QED) is 0.537. The van der Waals surface area contributed by atoms with E-state index in [1.165, 1.54) is 0 Å². The molecular weight excluding hydrogens is 450 g/mol. The molecule has 2 aliphatic carbocycles. The van der Waals surface area contributed by atoms with Crippen molar-refractivity contribution in [2.24, 2.45) is 11.8 Å². The molecule has 3 aliphatic rings. The molecule has 9 nitrogen and oxygen atoms in total. The van der Waals surface area contributed by atoms with E-state index < -0.39 is 35.8 Å². The fourth-order valence-electron chi connectivity index (χ4n) is 5.01. The molecule has 0 spiro atoms. The molecule has 9 heteroatoms.